The van der Waals surface area contributed by atoms with Crippen LogP contribution in [0.15, 0.2) is 55.4 Å². The van der Waals surface area contributed by atoms with Gasteiger partial charge >= 0.3 is 0 Å². The number of nitrogens with one attached hydrogen (secondary N) is 3. The summed E-state index contributed by atoms with van der Waals surface area (Å²) < 4.78 is 28.7. The van der Waals surface area contributed by atoms with Crippen molar-refractivity contribution < 1.29 is 23.2 Å². The van der Waals surface area contributed by atoms with Crippen molar-refractivity contribution >= 4 is 40.8 Å². The molecular formula is C23H20ClF2N7O3. The molecule has 3 N–H and O–H groups in total. The van der Waals surface area contributed by atoms with Gasteiger partial charge < -0.3 is 15.5 Å². The van der Waals surface area contributed by atoms with Crippen molar-refractivity contribution in [1.82, 2.24) is 25.1 Å². The van der Waals surface area contributed by atoms with Gasteiger partial charge in [-0.05, 0) is 30.3 Å². The Morgan fingerprint density at radius 3 is 2.67 bits per heavy atom. The monoisotopic (exact) mass is 515 g/mol. The van der Waals surface area contributed by atoms with Crippen molar-refractivity contribution in [2.75, 3.05) is 23.7 Å². The number of hydrogen-bond donors (Lipinski definition) is 3. The fraction of sp³-hybridized carbons (Fsp3) is 0.217. The van der Waals surface area contributed by atoms with Gasteiger partial charge in [0.15, 0.2) is 0 Å². The average Bonchev–Trinajstić information content (AvgIpc) is 3.30. The zero-order valence-electron chi connectivity index (χ0n) is 18.7. The highest BCUT2D eigenvalue weighted by molar-refractivity contribution is 6.32. The lowest BCUT2D eigenvalue weighted by Gasteiger charge is -2.37. The van der Waals surface area contributed by atoms with Crippen LogP contribution in [0.25, 0.3) is 11.4 Å². The molecule has 0 aromatic carbocycles. The summed E-state index contributed by atoms with van der Waals surface area (Å²) in [6.07, 6.45) is 3.03. The van der Waals surface area contributed by atoms with E-state index in [0.29, 0.717) is 16.4 Å². The number of rotatable bonds is 6. The summed E-state index contributed by atoms with van der Waals surface area (Å²) in [5, 5.41) is 11.8. The van der Waals surface area contributed by atoms with Crippen LogP contribution < -0.4 is 10.6 Å². The maximum atomic E-state index is 14.4. The number of likely N-dealkylation sites (tertiary alicyclic amines) is 1. The van der Waals surface area contributed by atoms with Crippen LogP contribution in [0.4, 0.5) is 20.3 Å². The van der Waals surface area contributed by atoms with Crippen LogP contribution in [-0.2, 0) is 9.59 Å². The van der Waals surface area contributed by atoms with Crippen molar-refractivity contribution in [1.29, 1.82) is 0 Å². The van der Waals surface area contributed by atoms with Crippen LogP contribution in [0.3, 0.4) is 0 Å². The van der Waals surface area contributed by atoms with Crippen molar-refractivity contribution in [3.63, 3.8) is 0 Å². The number of carbonyl (C=O) groups is 3. The van der Waals surface area contributed by atoms with Crippen LogP contribution >= 0.6 is 11.6 Å². The molecule has 0 aliphatic carbocycles. The lowest BCUT2D eigenvalue weighted by atomic mass is 9.92. The summed E-state index contributed by atoms with van der Waals surface area (Å²) in [6, 6.07) is 7.60. The summed E-state index contributed by atoms with van der Waals surface area (Å²) in [7, 11) is 0. The number of aromatic nitrogens is 4. The Labute approximate surface area is 208 Å². The van der Waals surface area contributed by atoms with E-state index in [2.05, 4.69) is 37.4 Å². The number of nitrogens with zero attached hydrogens (tertiary/aromatic N) is 4. The third-order valence-corrected chi connectivity index (χ3v) is 5.82. The Balaban J connectivity index is 1.40. The fourth-order valence-electron chi connectivity index (χ4n) is 3.61. The van der Waals surface area contributed by atoms with Crippen LogP contribution in [-0.4, -0.2) is 61.8 Å². The number of carbonyl (C=O) groups excluding carboxylic acids is 3. The molecule has 1 aliphatic rings. The molecule has 3 aromatic rings. The predicted octanol–water partition coefficient (Wildman–Crippen LogP) is 3.38. The molecule has 4 rings (SSSR count). The van der Waals surface area contributed by atoms with E-state index in [1.54, 1.807) is 12.1 Å². The molecule has 1 atom stereocenters. The number of pyridine rings is 2. The molecule has 0 radical (unpaired) electrons. The standard InChI is InChI=1S/C23H20ClF2N7O3/c1-2-19(34)33-9-8-23(25,26)14(12-33)21(35)29-13-6-7-18(27-10-13)31-22(36)17-5-3-4-16(30-17)20-15(24)11-28-32-20/h2-7,10-11,14H,1,8-9,12H2,(H,28,32)(H,29,35)(H,27,31,36). The minimum absolute atomic E-state index is 0.0931. The van der Waals surface area contributed by atoms with Gasteiger partial charge in [-0.3, -0.25) is 19.5 Å². The second-order valence-electron chi connectivity index (χ2n) is 7.93. The van der Waals surface area contributed by atoms with Gasteiger partial charge in [0.2, 0.25) is 11.8 Å². The molecule has 4 heterocycles. The molecule has 0 spiro atoms. The lowest BCUT2D eigenvalue weighted by Crippen LogP contribution is -2.53. The van der Waals surface area contributed by atoms with Gasteiger partial charge in [0, 0.05) is 19.5 Å². The average molecular weight is 516 g/mol. The molecule has 0 bridgehead atoms. The van der Waals surface area contributed by atoms with Crippen LogP contribution in [0.5, 0.6) is 0 Å². The second-order valence-corrected chi connectivity index (χ2v) is 8.34. The number of hydrogen-bond acceptors (Lipinski definition) is 6. The van der Waals surface area contributed by atoms with Crippen LogP contribution in [0.1, 0.15) is 16.9 Å². The minimum atomic E-state index is -3.27. The number of amides is 3. The molecule has 36 heavy (non-hydrogen) atoms. The SMILES string of the molecule is C=CC(=O)N1CCC(F)(F)C(C(=O)Nc2ccc(NC(=O)c3cccc(-c4[nH]ncc4Cl)n3)nc2)C1. The van der Waals surface area contributed by atoms with E-state index in [1.165, 1.54) is 30.6 Å². The van der Waals surface area contributed by atoms with Crippen LogP contribution in [0.2, 0.25) is 5.02 Å². The predicted molar refractivity (Wildman–Crippen MR) is 127 cm³/mol. The number of alkyl halides is 2. The van der Waals surface area contributed by atoms with E-state index >= 15 is 0 Å². The Morgan fingerprint density at radius 2 is 2.00 bits per heavy atom. The molecule has 13 heteroatoms. The summed E-state index contributed by atoms with van der Waals surface area (Å²) in [5.74, 6) is -6.86. The fourth-order valence-corrected chi connectivity index (χ4v) is 3.80. The molecule has 1 saturated heterocycles. The van der Waals surface area contributed by atoms with E-state index in [-0.39, 0.29) is 23.7 Å². The van der Waals surface area contributed by atoms with E-state index < -0.39 is 42.5 Å². The first-order valence-electron chi connectivity index (χ1n) is 10.7. The number of anilines is 2. The maximum Gasteiger partial charge on any atom is 0.275 e. The van der Waals surface area contributed by atoms with Crippen LogP contribution in [0, 0.1) is 5.92 Å². The van der Waals surface area contributed by atoms with Gasteiger partial charge in [-0.15, -0.1) is 0 Å². The molecular weight excluding hydrogens is 496 g/mol. The largest absolute Gasteiger partial charge is 0.338 e. The van der Waals surface area contributed by atoms with Crippen molar-refractivity contribution in [3.8, 4) is 11.4 Å². The summed E-state index contributed by atoms with van der Waals surface area (Å²) >= 11 is 6.04. The van der Waals surface area contributed by atoms with Gasteiger partial charge in [0.25, 0.3) is 11.8 Å². The molecule has 1 fully saturated rings. The number of H-pyrrole nitrogens is 1. The van der Waals surface area contributed by atoms with Gasteiger partial charge in [0.05, 0.1) is 28.8 Å². The molecule has 3 amide bonds. The number of piperidine rings is 1. The highest BCUT2D eigenvalue weighted by Crippen LogP contribution is 2.34. The topological polar surface area (TPSA) is 133 Å². The Kier molecular flexibility index (Phi) is 7.06. The van der Waals surface area contributed by atoms with Crippen molar-refractivity contribution in [3.05, 3.63) is 66.1 Å². The molecule has 1 aliphatic heterocycles. The van der Waals surface area contributed by atoms with E-state index in [9.17, 15) is 23.2 Å². The highest BCUT2D eigenvalue weighted by Gasteiger charge is 2.48. The molecule has 10 nitrogen and oxygen atoms in total. The normalized spacial score (nSPS) is 16.8. The number of halogens is 3. The Bertz CT molecular complexity index is 1310. The maximum absolute atomic E-state index is 14.4. The first-order valence-corrected chi connectivity index (χ1v) is 11.1. The van der Waals surface area contributed by atoms with Gasteiger partial charge in [-0.1, -0.05) is 24.2 Å². The number of aromatic amines is 1. The van der Waals surface area contributed by atoms with Gasteiger partial charge in [0.1, 0.15) is 23.1 Å². The first kappa shape index (κ1) is 24.9. The highest BCUT2D eigenvalue weighted by atomic mass is 35.5. The smallest absolute Gasteiger partial charge is 0.275 e. The summed E-state index contributed by atoms with van der Waals surface area (Å²) in [5.41, 5.74) is 1.12. The van der Waals surface area contributed by atoms with E-state index in [0.717, 1.165) is 11.0 Å². The first-order chi connectivity index (χ1) is 17.2. The quantitative estimate of drug-likeness (QED) is 0.431. The van der Waals surface area contributed by atoms with Gasteiger partial charge in [-0.2, -0.15) is 5.10 Å². The third-order valence-electron chi connectivity index (χ3n) is 5.53. The third kappa shape index (κ3) is 5.38. The van der Waals surface area contributed by atoms with E-state index in [1.807, 2.05) is 0 Å². The second kappa shape index (κ2) is 10.2. The summed E-state index contributed by atoms with van der Waals surface area (Å²) in [6.45, 7) is 2.75. The Morgan fingerprint density at radius 1 is 1.19 bits per heavy atom. The zero-order chi connectivity index (χ0) is 25.9. The van der Waals surface area contributed by atoms with Crippen molar-refractivity contribution in [2.24, 2.45) is 5.92 Å². The lowest BCUT2D eigenvalue weighted by molar-refractivity contribution is -0.151. The van der Waals surface area contributed by atoms with Crippen molar-refractivity contribution in [2.45, 2.75) is 12.3 Å². The molecule has 186 valence electrons. The van der Waals surface area contributed by atoms with Gasteiger partial charge in [-0.25, -0.2) is 18.7 Å². The molecule has 3 aromatic heterocycles. The summed E-state index contributed by atoms with van der Waals surface area (Å²) in [4.78, 5) is 46.4. The molecule has 1 unspecified atom stereocenters. The molecule has 0 saturated carbocycles. The Hall–Kier alpha value is -4.19. The van der Waals surface area contributed by atoms with E-state index in [4.69, 9.17) is 11.6 Å². The zero-order valence-corrected chi connectivity index (χ0v) is 19.4. The minimum Gasteiger partial charge on any atom is -0.338 e.